The lowest BCUT2D eigenvalue weighted by molar-refractivity contribution is -0.143. The van der Waals surface area contributed by atoms with Gasteiger partial charge in [0.15, 0.2) is 0 Å². The zero-order valence-electron chi connectivity index (χ0n) is 52.9. The highest BCUT2D eigenvalue weighted by Crippen LogP contribution is 2.19. The maximum absolute atomic E-state index is 12.5. The molecule has 78 heavy (non-hydrogen) atoms. The van der Waals surface area contributed by atoms with Gasteiger partial charge in [-0.15, -0.1) is 0 Å². The second-order valence-corrected chi connectivity index (χ2v) is 24.6. The van der Waals surface area contributed by atoms with Crippen LogP contribution in [0.4, 0.5) is 0 Å². The van der Waals surface area contributed by atoms with E-state index in [1.807, 2.05) is 0 Å². The molecule has 0 aromatic heterocycles. The number of ether oxygens (including phenoxy) is 1. The van der Waals surface area contributed by atoms with Crippen molar-refractivity contribution < 1.29 is 24.5 Å². The maximum Gasteiger partial charge on any atom is 0.305 e. The predicted octanol–water partition coefficient (Wildman–Crippen LogP) is 22.9. The van der Waals surface area contributed by atoms with Crippen LogP contribution in [-0.4, -0.2) is 47.4 Å². The molecule has 0 radical (unpaired) electrons. The molecule has 0 saturated carbocycles. The standard InChI is InChI=1S/C72H139NO5/c1-3-5-7-9-11-13-15-17-19-21-34-38-42-46-50-54-58-62-66-72(77)78-67-63-59-55-51-47-43-39-35-32-30-28-26-24-22-23-25-27-29-31-33-37-41-45-49-53-57-61-65-71(76)73-69(68-74)70(75)64-60-56-52-48-44-40-36-20-18-16-14-12-10-8-6-4-2/h22-23,26,28,69-70,74-75H,3-21,24-25,27,29-68H2,1-2H3,(H,73,76)/b23-22-,28-26-. The Bertz CT molecular complexity index is 1220. The second-order valence-electron chi connectivity index (χ2n) is 24.6. The van der Waals surface area contributed by atoms with Crippen molar-refractivity contribution in [1.29, 1.82) is 0 Å². The summed E-state index contributed by atoms with van der Waals surface area (Å²) >= 11 is 0. The minimum absolute atomic E-state index is 0.0158. The van der Waals surface area contributed by atoms with Crippen LogP contribution in [-0.2, 0) is 14.3 Å². The van der Waals surface area contributed by atoms with Crippen LogP contribution in [0, 0.1) is 0 Å². The number of hydrogen-bond acceptors (Lipinski definition) is 5. The molecule has 462 valence electrons. The molecule has 2 atom stereocenters. The van der Waals surface area contributed by atoms with Crippen molar-refractivity contribution in [2.24, 2.45) is 0 Å². The Balaban J connectivity index is 3.39. The molecule has 0 aliphatic heterocycles. The first kappa shape index (κ1) is 76.3. The van der Waals surface area contributed by atoms with E-state index in [2.05, 4.69) is 43.5 Å². The molecule has 0 spiro atoms. The van der Waals surface area contributed by atoms with Gasteiger partial charge >= 0.3 is 5.97 Å². The lowest BCUT2D eigenvalue weighted by Crippen LogP contribution is -2.45. The molecule has 3 N–H and O–H groups in total. The fraction of sp³-hybridized carbons (Fsp3) is 0.917. The molecular weight excluding hydrogens is 959 g/mol. The monoisotopic (exact) mass is 1100 g/mol. The first-order valence-corrected chi connectivity index (χ1v) is 35.6. The van der Waals surface area contributed by atoms with Gasteiger partial charge in [0, 0.05) is 12.8 Å². The summed E-state index contributed by atoms with van der Waals surface area (Å²) < 4.78 is 5.51. The van der Waals surface area contributed by atoms with E-state index in [9.17, 15) is 19.8 Å². The number of rotatable bonds is 67. The van der Waals surface area contributed by atoms with Gasteiger partial charge in [-0.1, -0.05) is 353 Å². The molecule has 0 bridgehead atoms. The van der Waals surface area contributed by atoms with E-state index in [1.165, 1.54) is 321 Å². The number of esters is 1. The van der Waals surface area contributed by atoms with Crippen LogP contribution in [0.3, 0.4) is 0 Å². The SMILES string of the molecule is CCCCCCCCCCCCCCCCCCCCC(=O)OCCCCCCCCCCC/C=C\C/C=C\CCCCCCCCCCCCCC(=O)NC(CO)C(O)CCCCCCCCCCCCCCCCCC. The Morgan fingerprint density at radius 2 is 0.641 bits per heavy atom. The van der Waals surface area contributed by atoms with Crippen LogP contribution in [0.15, 0.2) is 24.3 Å². The molecule has 0 fully saturated rings. The Morgan fingerprint density at radius 3 is 0.974 bits per heavy atom. The Labute approximate surface area is 488 Å². The van der Waals surface area contributed by atoms with Crippen LogP contribution in [0.5, 0.6) is 0 Å². The molecule has 2 unspecified atom stereocenters. The largest absolute Gasteiger partial charge is 0.466 e. The molecule has 0 saturated heterocycles. The Kier molecular flexibility index (Phi) is 66.4. The number of nitrogens with one attached hydrogen (secondary N) is 1. The van der Waals surface area contributed by atoms with E-state index in [0.717, 1.165) is 44.9 Å². The molecule has 0 aromatic carbocycles. The van der Waals surface area contributed by atoms with Crippen molar-refractivity contribution in [3.05, 3.63) is 24.3 Å². The summed E-state index contributed by atoms with van der Waals surface area (Å²) in [5, 5.41) is 23.3. The third-order valence-corrected chi connectivity index (χ3v) is 16.8. The molecule has 6 nitrogen and oxygen atoms in total. The minimum atomic E-state index is -0.666. The Morgan fingerprint density at radius 1 is 0.359 bits per heavy atom. The normalized spacial score (nSPS) is 12.6. The van der Waals surface area contributed by atoms with Gasteiger partial charge in [-0.2, -0.15) is 0 Å². The number of carbonyl (C=O) groups is 2. The number of allylic oxidation sites excluding steroid dienone is 4. The van der Waals surface area contributed by atoms with Crippen LogP contribution < -0.4 is 5.32 Å². The average molecular weight is 1100 g/mol. The molecule has 0 aliphatic rings. The van der Waals surface area contributed by atoms with Crippen molar-refractivity contribution in [3.63, 3.8) is 0 Å². The highest BCUT2D eigenvalue weighted by atomic mass is 16.5. The maximum atomic E-state index is 12.5. The number of aliphatic hydroxyl groups is 2. The predicted molar refractivity (Wildman–Crippen MR) is 343 cm³/mol. The number of hydrogen-bond donors (Lipinski definition) is 3. The molecule has 0 aliphatic carbocycles. The summed E-state index contributed by atoms with van der Waals surface area (Å²) in [7, 11) is 0. The van der Waals surface area contributed by atoms with E-state index in [1.54, 1.807) is 0 Å². The van der Waals surface area contributed by atoms with Gasteiger partial charge < -0.3 is 20.3 Å². The van der Waals surface area contributed by atoms with E-state index >= 15 is 0 Å². The summed E-state index contributed by atoms with van der Waals surface area (Å²) in [5.41, 5.74) is 0. The van der Waals surface area contributed by atoms with E-state index in [0.29, 0.717) is 25.9 Å². The van der Waals surface area contributed by atoms with Crippen molar-refractivity contribution >= 4 is 11.9 Å². The molecule has 1 amide bonds. The number of carbonyl (C=O) groups excluding carboxylic acids is 2. The number of aliphatic hydroxyl groups excluding tert-OH is 2. The van der Waals surface area contributed by atoms with Crippen LogP contribution in [0.2, 0.25) is 0 Å². The van der Waals surface area contributed by atoms with Crippen LogP contribution >= 0.6 is 0 Å². The summed E-state index contributed by atoms with van der Waals surface area (Å²) in [6.07, 6.45) is 85.1. The van der Waals surface area contributed by atoms with E-state index in [-0.39, 0.29) is 18.5 Å². The highest BCUT2D eigenvalue weighted by Gasteiger charge is 2.20. The second kappa shape index (κ2) is 67.8. The van der Waals surface area contributed by atoms with Crippen molar-refractivity contribution in [2.75, 3.05) is 13.2 Å². The molecular formula is C72H139NO5. The smallest absolute Gasteiger partial charge is 0.305 e. The summed E-state index contributed by atoms with van der Waals surface area (Å²) in [6, 6.07) is -0.544. The van der Waals surface area contributed by atoms with Gasteiger partial charge in [0.25, 0.3) is 0 Å². The quantitative estimate of drug-likeness (QED) is 0.0320. The molecule has 0 rings (SSSR count). The van der Waals surface area contributed by atoms with Gasteiger partial charge in [-0.05, 0) is 57.8 Å². The third-order valence-electron chi connectivity index (χ3n) is 16.8. The summed E-state index contributed by atoms with van der Waals surface area (Å²) in [5.74, 6) is -0.0192. The zero-order valence-corrected chi connectivity index (χ0v) is 52.9. The van der Waals surface area contributed by atoms with Crippen molar-refractivity contribution in [3.8, 4) is 0 Å². The first-order chi connectivity index (χ1) is 38.5. The van der Waals surface area contributed by atoms with Crippen LogP contribution in [0.1, 0.15) is 399 Å². The van der Waals surface area contributed by atoms with Crippen LogP contribution in [0.25, 0.3) is 0 Å². The zero-order chi connectivity index (χ0) is 56.4. The van der Waals surface area contributed by atoms with Crippen molar-refractivity contribution in [1.82, 2.24) is 5.32 Å². The third kappa shape index (κ3) is 63.5. The van der Waals surface area contributed by atoms with E-state index < -0.39 is 12.1 Å². The number of unbranched alkanes of at least 4 members (excludes halogenated alkanes) is 52. The Hall–Kier alpha value is -1.66. The van der Waals surface area contributed by atoms with Gasteiger partial charge in [0.1, 0.15) is 0 Å². The van der Waals surface area contributed by atoms with E-state index in [4.69, 9.17) is 4.74 Å². The molecule has 6 heteroatoms. The summed E-state index contributed by atoms with van der Waals surface area (Å²) in [6.45, 7) is 4.99. The first-order valence-electron chi connectivity index (χ1n) is 35.6. The average Bonchev–Trinajstić information content (AvgIpc) is 3.44. The molecule has 0 heterocycles. The van der Waals surface area contributed by atoms with Gasteiger partial charge in [-0.25, -0.2) is 0 Å². The van der Waals surface area contributed by atoms with Gasteiger partial charge in [0.2, 0.25) is 5.91 Å². The lowest BCUT2D eigenvalue weighted by Gasteiger charge is -2.22. The fourth-order valence-corrected chi connectivity index (χ4v) is 11.3. The number of amides is 1. The highest BCUT2D eigenvalue weighted by molar-refractivity contribution is 5.76. The van der Waals surface area contributed by atoms with Crippen molar-refractivity contribution in [2.45, 2.75) is 411 Å². The topological polar surface area (TPSA) is 95.9 Å². The minimum Gasteiger partial charge on any atom is -0.466 e. The van der Waals surface area contributed by atoms with Gasteiger partial charge in [-0.3, -0.25) is 9.59 Å². The van der Waals surface area contributed by atoms with Gasteiger partial charge in [0.05, 0.1) is 25.4 Å². The fourth-order valence-electron chi connectivity index (χ4n) is 11.3. The lowest BCUT2D eigenvalue weighted by atomic mass is 10.0. The molecule has 0 aromatic rings. The summed E-state index contributed by atoms with van der Waals surface area (Å²) in [4.78, 5) is 24.6.